The largest absolute Gasteiger partial charge is 0.391 e. The zero-order valence-electron chi connectivity index (χ0n) is 10.5. The summed E-state index contributed by atoms with van der Waals surface area (Å²) in [6.07, 6.45) is 3.74. The Hall–Kier alpha value is -0.940. The summed E-state index contributed by atoms with van der Waals surface area (Å²) in [5.74, 6) is -0.792. The SMILES string of the molecule is O=C(NCC(O)C1CCCC1)c1ccc(Br)cc1F. The number of carbonyl (C=O) groups is 1. The van der Waals surface area contributed by atoms with Crippen molar-refractivity contribution < 1.29 is 14.3 Å². The highest BCUT2D eigenvalue weighted by Crippen LogP contribution is 2.27. The molecule has 19 heavy (non-hydrogen) atoms. The molecule has 0 heterocycles. The zero-order chi connectivity index (χ0) is 13.8. The Morgan fingerprint density at radius 3 is 2.79 bits per heavy atom. The Labute approximate surface area is 120 Å². The maximum absolute atomic E-state index is 13.6. The van der Waals surface area contributed by atoms with Crippen LogP contribution in [0, 0.1) is 11.7 Å². The Kier molecular flexibility index (Phi) is 4.93. The van der Waals surface area contributed by atoms with Gasteiger partial charge in [-0.2, -0.15) is 0 Å². The van der Waals surface area contributed by atoms with Gasteiger partial charge in [-0.25, -0.2) is 4.39 Å². The number of hydrogen-bond acceptors (Lipinski definition) is 2. The van der Waals surface area contributed by atoms with E-state index in [2.05, 4.69) is 21.2 Å². The highest BCUT2D eigenvalue weighted by atomic mass is 79.9. The van der Waals surface area contributed by atoms with E-state index in [1.54, 1.807) is 6.07 Å². The normalized spacial score (nSPS) is 17.4. The summed E-state index contributed by atoms with van der Waals surface area (Å²) in [6, 6.07) is 4.30. The van der Waals surface area contributed by atoms with Gasteiger partial charge in [-0.3, -0.25) is 4.79 Å². The van der Waals surface area contributed by atoms with Crippen LogP contribution in [0.15, 0.2) is 22.7 Å². The van der Waals surface area contributed by atoms with Crippen LogP contribution >= 0.6 is 15.9 Å². The van der Waals surface area contributed by atoms with Crippen molar-refractivity contribution in [3.05, 3.63) is 34.1 Å². The summed E-state index contributed by atoms with van der Waals surface area (Å²) in [4.78, 5) is 11.8. The third-order valence-corrected chi connectivity index (χ3v) is 4.08. The molecular weight excluding hydrogens is 313 g/mol. The van der Waals surface area contributed by atoms with Crippen LogP contribution in [0.1, 0.15) is 36.0 Å². The molecule has 2 rings (SSSR count). The molecule has 0 radical (unpaired) electrons. The highest BCUT2D eigenvalue weighted by Gasteiger charge is 2.23. The first-order valence-electron chi connectivity index (χ1n) is 6.49. The quantitative estimate of drug-likeness (QED) is 0.892. The van der Waals surface area contributed by atoms with Gasteiger partial charge in [0.15, 0.2) is 0 Å². The summed E-state index contributed by atoms with van der Waals surface area (Å²) >= 11 is 3.14. The van der Waals surface area contributed by atoms with Crippen LogP contribution in [0.4, 0.5) is 4.39 Å². The molecular formula is C14H17BrFNO2. The first-order chi connectivity index (χ1) is 9.08. The molecule has 5 heteroatoms. The van der Waals surface area contributed by atoms with Gasteiger partial charge in [0.2, 0.25) is 0 Å². The maximum Gasteiger partial charge on any atom is 0.254 e. The Morgan fingerprint density at radius 2 is 2.16 bits per heavy atom. The molecule has 0 aromatic heterocycles. The number of benzene rings is 1. The number of carbonyl (C=O) groups excluding carboxylic acids is 1. The lowest BCUT2D eigenvalue weighted by atomic mass is 10.0. The summed E-state index contributed by atoms with van der Waals surface area (Å²) in [5, 5.41) is 12.5. The fraction of sp³-hybridized carbons (Fsp3) is 0.500. The molecule has 1 aromatic carbocycles. The minimum atomic E-state index is -0.567. The van der Waals surface area contributed by atoms with Crippen molar-refractivity contribution in [2.24, 2.45) is 5.92 Å². The lowest BCUT2D eigenvalue weighted by Crippen LogP contribution is -2.35. The second-order valence-electron chi connectivity index (χ2n) is 4.95. The molecule has 104 valence electrons. The van der Waals surface area contributed by atoms with E-state index < -0.39 is 17.8 Å². The van der Waals surface area contributed by atoms with Gasteiger partial charge in [0, 0.05) is 11.0 Å². The lowest BCUT2D eigenvalue weighted by molar-refractivity contribution is 0.0837. The molecule has 1 saturated carbocycles. The van der Waals surface area contributed by atoms with Gasteiger partial charge in [-0.1, -0.05) is 28.8 Å². The Bertz CT molecular complexity index is 461. The molecule has 1 amide bonds. The third-order valence-electron chi connectivity index (χ3n) is 3.59. The number of aliphatic hydroxyl groups is 1. The molecule has 1 unspecified atom stereocenters. The van der Waals surface area contributed by atoms with Crippen molar-refractivity contribution in [3.8, 4) is 0 Å². The number of amides is 1. The van der Waals surface area contributed by atoms with Gasteiger partial charge in [0.1, 0.15) is 5.82 Å². The first kappa shape index (κ1) is 14.5. The summed E-state index contributed by atoms with van der Waals surface area (Å²) in [5.41, 5.74) is 0.00169. The highest BCUT2D eigenvalue weighted by molar-refractivity contribution is 9.10. The average molecular weight is 330 g/mol. The van der Waals surface area contributed by atoms with Crippen molar-refractivity contribution in [2.45, 2.75) is 31.8 Å². The van der Waals surface area contributed by atoms with Crippen molar-refractivity contribution in [1.29, 1.82) is 0 Å². The van der Waals surface area contributed by atoms with Gasteiger partial charge in [0.25, 0.3) is 5.91 Å². The summed E-state index contributed by atoms with van der Waals surface area (Å²) in [7, 11) is 0. The van der Waals surface area contributed by atoms with Crippen molar-refractivity contribution in [2.75, 3.05) is 6.54 Å². The standard InChI is InChI=1S/C14H17BrFNO2/c15-10-5-6-11(12(16)7-10)14(19)17-8-13(18)9-3-1-2-4-9/h5-7,9,13,18H,1-4,8H2,(H,17,19). The molecule has 1 atom stereocenters. The molecule has 0 bridgehead atoms. The van der Waals surface area contributed by atoms with Crippen molar-refractivity contribution in [3.63, 3.8) is 0 Å². The van der Waals surface area contributed by atoms with Crippen molar-refractivity contribution >= 4 is 21.8 Å². The minimum Gasteiger partial charge on any atom is -0.391 e. The molecule has 3 nitrogen and oxygen atoms in total. The lowest BCUT2D eigenvalue weighted by Gasteiger charge is -2.18. The first-order valence-corrected chi connectivity index (χ1v) is 7.28. The van der Waals surface area contributed by atoms with Crippen LogP contribution < -0.4 is 5.32 Å². The molecule has 1 aliphatic rings. The van der Waals surface area contributed by atoms with E-state index in [1.807, 2.05) is 0 Å². The van der Waals surface area contributed by atoms with E-state index in [-0.39, 0.29) is 18.0 Å². The van der Waals surface area contributed by atoms with E-state index in [0.717, 1.165) is 25.7 Å². The predicted octanol–water partition coefficient (Wildman–Crippen LogP) is 2.87. The van der Waals surface area contributed by atoms with Crippen LogP contribution in [-0.4, -0.2) is 23.7 Å². The smallest absolute Gasteiger partial charge is 0.254 e. The number of hydrogen-bond donors (Lipinski definition) is 2. The van der Waals surface area contributed by atoms with E-state index in [4.69, 9.17) is 0 Å². The van der Waals surface area contributed by atoms with Gasteiger partial charge in [-0.05, 0) is 37.0 Å². The molecule has 0 aliphatic heterocycles. The fourth-order valence-electron chi connectivity index (χ4n) is 2.47. The number of halogens is 2. The van der Waals surface area contributed by atoms with Crippen LogP contribution in [-0.2, 0) is 0 Å². The van der Waals surface area contributed by atoms with E-state index in [1.165, 1.54) is 12.1 Å². The van der Waals surface area contributed by atoms with Gasteiger partial charge >= 0.3 is 0 Å². The monoisotopic (exact) mass is 329 g/mol. The average Bonchev–Trinajstić information content (AvgIpc) is 2.89. The third kappa shape index (κ3) is 3.76. The predicted molar refractivity (Wildman–Crippen MR) is 74.4 cm³/mol. The number of nitrogens with one attached hydrogen (secondary N) is 1. The van der Waals surface area contributed by atoms with Crippen LogP contribution in [0.5, 0.6) is 0 Å². The molecule has 1 fully saturated rings. The number of aliphatic hydroxyl groups excluding tert-OH is 1. The molecule has 1 aromatic rings. The summed E-state index contributed by atoms with van der Waals surface area (Å²) in [6.45, 7) is 0.180. The molecule has 1 aliphatic carbocycles. The molecule has 2 N–H and O–H groups in total. The van der Waals surface area contributed by atoms with Crippen LogP contribution in [0.2, 0.25) is 0 Å². The van der Waals surface area contributed by atoms with Gasteiger partial charge < -0.3 is 10.4 Å². The van der Waals surface area contributed by atoms with Crippen LogP contribution in [0.3, 0.4) is 0 Å². The second kappa shape index (κ2) is 6.48. The zero-order valence-corrected chi connectivity index (χ0v) is 12.1. The fourth-order valence-corrected chi connectivity index (χ4v) is 2.81. The van der Waals surface area contributed by atoms with E-state index >= 15 is 0 Å². The van der Waals surface area contributed by atoms with E-state index in [0.29, 0.717) is 4.47 Å². The Balaban J connectivity index is 1.90. The minimum absolute atomic E-state index is 0.00169. The summed E-state index contributed by atoms with van der Waals surface area (Å²) < 4.78 is 14.2. The maximum atomic E-state index is 13.6. The second-order valence-corrected chi connectivity index (χ2v) is 5.86. The van der Waals surface area contributed by atoms with Crippen LogP contribution in [0.25, 0.3) is 0 Å². The molecule has 0 saturated heterocycles. The topological polar surface area (TPSA) is 49.3 Å². The molecule has 0 spiro atoms. The van der Waals surface area contributed by atoms with E-state index in [9.17, 15) is 14.3 Å². The van der Waals surface area contributed by atoms with Crippen molar-refractivity contribution in [1.82, 2.24) is 5.32 Å². The number of rotatable bonds is 4. The van der Waals surface area contributed by atoms with Gasteiger partial charge in [-0.15, -0.1) is 0 Å². The van der Waals surface area contributed by atoms with Gasteiger partial charge in [0.05, 0.1) is 11.7 Å². The Morgan fingerprint density at radius 1 is 1.47 bits per heavy atom.